The van der Waals surface area contributed by atoms with Crippen LogP contribution in [0.25, 0.3) is 0 Å². The lowest BCUT2D eigenvalue weighted by Gasteiger charge is -2.21. The van der Waals surface area contributed by atoms with Crippen molar-refractivity contribution in [1.82, 2.24) is 4.90 Å². The van der Waals surface area contributed by atoms with Gasteiger partial charge in [0.25, 0.3) is 17.5 Å². The molecule has 0 aromatic heterocycles. The van der Waals surface area contributed by atoms with Crippen LogP contribution >= 0.6 is 0 Å². The van der Waals surface area contributed by atoms with E-state index in [0.29, 0.717) is 5.56 Å². The lowest BCUT2D eigenvalue weighted by Crippen LogP contribution is -2.45. The molecule has 0 saturated heterocycles. The zero-order valence-electron chi connectivity index (χ0n) is 14.1. The zero-order valence-corrected chi connectivity index (χ0v) is 14.1. The standard InChI is InChI=1S/C18H15N3O5/c1-10-7-8-14(15(9-10)21(25)26)19-16(22)11(2)20-17(23)12-5-3-4-6-13(12)18(20)24/h3-9,11H,1-2H3,(H,19,22)/t11-/m0/s1. The first kappa shape index (κ1) is 17.3. The van der Waals surface area contributed by atoms with Crippen LogP contribution in [0.15, 0.2) is 42.5 Å². The van der Waals surface area contributed by atoms with Gasteiger partial charge in [0, 0.05) is 6.07 Å². The molecule has 8 heteroatoms. The van der Waals surface area contributed by atoms with Gasteiger partial charge in [0.1, 0.15) is 11.7 Å². The van der Waals surface area contributed by atoms with Crippen molar-refractivity contribution in [1.29, 1.82) is 0 Å². The van der Waals surface area contributed by atoms with Crippen LogP contribution < -0.4 is 5.32 Å². The Morgan fingerprint density at radius 3 is 2.23 bits per heavy atom. The molecule has 0 aliphatic carbocycles. The quantitative estimate of drug-likeness (QED) is 0.516. The van der Waals surface area contributed by atoms with Crippen molar-refractivity contribution in [2.45, 2.75) is 19.9 Å². The predicted molar refractivity (Wildman–Crippen MR) is 92.9 cm³/mol. The van der Waals surface area contributed by atoms with E-state index in [-0.39, 0.29) is 22.5 Å². The molecule has 1 atom stereocenters. The van der Waals surface area contributed by atoms with Gasteiger partial charge >= 0.3 is 0 Å². The molecule has 1 N–H and O–H groups in total. The van der Waals surface area contributed by atoms with Crippen LogP contribution in [0, 0.1) is 17.0 Å². The van der Waals surface area contributed by atoms with Crippen molar-refractivity contribution in [2.24, 2.45) is 0 Å². The number of anilines is 1. The summed E-state index contributed by atoms with van der Waals surface area (Å²) in [6.45, 7) is 3.09. The number of hydrogen-bond donors (Lipinski definition) is 1. The lowest BCUT2D eigenvalue weighted by molar-refractivity contribution is -0.384. The molecule has 1 aliphatic heterocycles. The molecule has 3 rings (SSSR count). The van der Waals surface area contributed by atoms with Crippen LogP contribution in [0.4, 0.5) is 11.4 Å². The number of carbonyl (C=O) groups excluding carboxylic acids is 3. The van der Waals surface area contributed by atoms with E-state index in [2.05, 4.69) is 5.32 Å². The molecule has 2 aromatic carbocycles. The maximum Gasteiger partial charge on any atom is 0.293 e. The summed E-state index contributed by atoms with van der Waals surface area (Å²) in [5, 5.41) is 13.6. The second-order valence-electron chi connectivity index (χ2n) is 5.97. The molecule has 0 spiro atoms. The monoisotopic (exact) mass is 353 g/mol. The maximum atomic E-state index is 12.5. The Morgan fingerprint density at radius 2 is 1.69 bits per heavy atom. The molecule has 3 amide bonds. The Hall–Kier alpha value is -3.55. The number of carbonyl (C=O) groups is 3. The summed E-state index contributed by atoms with van der Waals surface area (Å²) in [5.74, 6) is -1.82. The molecule has 0 saturated carbocycles. The minimum absolute atomic E-state index is 0.00839. The largest absolute Gasteiger partial charge is 0.319 e. The molecule has 2 aromatic rings. The van der Waals surface area contributed by atoms with E-state index < -0.39 is 28.7 Å². The third-order valence-electron chi connectivity index (χ3n) is 4.20. The first-order valence-electron chi connectivity index (χ1n) is 7.84. The van der Waals surface area contributed by atoms with Crippen molar-refractivity contribution in [2.75, 3.05) is 5.32 Å². The highest BCUT2D eigenvalue weighted by atomic mass is 16.6. The highest BCUT2D eigenvalue weighted by Gasteiger charge is 2.40. The number of nitrogens with zero attached hydrogens (tertiary/aromatic N) is 2. The van der Waals surface area contributed by atoms with Crippen LogP contribution in [0.1, 0.15) is 33.2 Å². The Kier molecular flexibility index (Phi) is 4.25. The number of nitro benzene ring substituents is 1. The Balaban J connectivity index is 1.85. The van der Waals surface area contributed by atoms with Crippen molar-refractivity contribution < 1.29 is 19.3 Å². The van der Waals surface area contributed by atoms with Crippen molar-refractivity contribution in [3.8, 4) is 0 Å². The van der Waals surface area contributed by atoms with Crippen LogP contribution in [-0.2, 0) is 4.79 Å². The summed E-state index contributed by atoms with van der Waals surface area (Å²) >= 11 is 0. The van der Waals surface area contributed by atoms with Gasteiger partial charge in [-0.05, 0) is 37.6 Å². The number of imide groups is 1. The molecule has 1 aliphatic rings. The number of nitrogens with one attached hydrogen (secondary N) is 1. The van der Waals surface area contributed by atoms with Gasteiger partial charge in [0.15, 0.2) is 0 Å². The molecule has 0 fully saturated rings. The van der Waals surface area contributed by atoms with Gasteiger partial charge in [-0.1, -0.05) is 18.2 Å². The average molecular weight is 353 g/mol. The lowest BCUT2D eigenvalue weighted by atomic mass is 10.1. The summed E-state index contributed by atoms with van der Waals surface area (Å²) in [7, 11) is 0. The molecule has 8 nitrogen and oxygen atoms in total. The molecule has 26 heavy (non-hydrogen) atoms. The van der Waals surface area contributed by atoms with Gasteiger partial charge in [-0.25, -0.2) is 0 Å². The van der Waals surface area contributed by atoms with Crippen LogP contribution in [-0.4, -0.2) is 33.6 Å². The summed E-state index contributed by atoms with van der Waals surface area (Å²) < 4.78 is 0. The molecule has 0 unspecified atom stereocenters. The third kappa shape index (κ3) is 2.81. The highest BCUT2D eigenvalue weighted by Crippen LogP contribution is 2.28. The predicted octanol–water partition coefficient (Wildman–Crippen LogP) is 2.53. The summed E-state index contributed by atoms with van der Waals surface area (Å²) in [6, 6.07) is 9.55. The van der Waals surface area contributed by atoms with Crippen molar-refractivity contribution >= 4 is 29.1 Å². The van der Waals surface area contributed by atoms with E-state index >= 15 is 0 Å². The molecular weight excluding hydrogens is 338 g/mol. The van der Waals surface area contributed by atoms with Gasteiger partial charge in [0.2, 0.25) is 5.91 Å². The summed E-state index contributed by atoms with van der Waals surface area (Å²) in [6.07, 6.45) is 0. The van der Waals surface area contributed by atoms with Gasteiger partial charge in [0.05, 0.1) is 16.1 Å². The van der Waals surface area contributed by atoms with Crippen molar-refractivity contribution in [3.05, 3.63) is 69.3 Å². The fourth-order valence-electron chi connectivity index (χ4n) is 2.81. The van der Waals surface area contributed by atoms with Crippen molar-refractivity contribution in [3.63, 3.8) is 0 Å². The van der Waals surface area contributed by atoms with Gasteiger partial charge in [-0.2, -0.15) is 0 Å². The average Bonchev–Trinajstić information content (AvgIpc) is 2.87. The molecule has 0 bridgehead atoms. The number of amides is 3. The second kappa shape index (κ2) is 6.40. The third-order valence-corrected chi connectivity index (χ3v) is 4.20. The van der Waals surface area contributed by atoms with Gasteiger partial charge < -0.3 is 5.32 Å². The van der Waals surface area contributed by atoms with Gasteiger partial charge in [-0.3, -0.25) is 29.4 Å². The number of benzene rings is 2. The molecule has 132 valence electrons. The first-order valence-corrected chi connectivity index (χ1v) is 7.84. The summed E-state index contributed by atoms with van der Waals surface area (Å²) in [5.41, 5.74) is 0.891. The van der Waals surface area contributed by atoms with Crippen LogP contribution in [0.2, 0.25) is 0 Å². The van der Waals surface area contributed by atoms with E-state index in [1.807, 2.05) is 0 Å². The second-order valence-corrected chi connectivity index (χ2v) is 5.97. The number of rotatable bonds is 4. The van der Waals surface area contributed by atoms with E-state index in [0.717, 1.165) is 4.90 Å². The summed E-state index contributed by atoms with van der Waals surface area (Å²) in [4.78, 5) is 48.8. The number of fused-ring (bicyclic) bond motifs is 1. The molecule has 0 radical (unpaired) electrons. The molecule has 1 heterocycles. The minimum Gasteiger partial charge on any atom is -0.319 e. The first-order chi connectivity index (χ1) is 12.3. The van der Waals surface area contributed by atoms with E-state index in [1.165, 1.54) is 31.2 Å². The van der Waals surface area contributed by atoms with Crippen LogP contribution in [0.3, 0.4) is 0 Å². The number of nitro groups is 1. The Labute approximate surface area is 148 Å². The van der Waals surface area contributed by atoms with E-state index in [4.69, 9.17) is 0 Å². The van der Waals surface area contributed by atoms with E-state index in [9.17, 15) is 24.5 Å². The number of aryl methyl sites for hydroxylation is 1. The smallest absolute Gasteiger partial charge is 0.293 e. The maximum absolute atomic E-state index is 12.5. The highest BCUT2D eigenvalue weighted by molar-refractivity contribution is 6.23. The number of hydrogen-bond acceptors (Lipinski definition) is 5. The van der Waals surface area contributed by atoms with Crippen LogP contribution in [0.5, 0.6) is 0 Å². The zero-order chi connectivity index (χ0) is 19.0. The Morgan fingerprint density at radius 1 is 1.12 bits per heavy atom. The fraction of sp³-hybridized carbons (Fsp3) is 0.167. The normalized spacial score (nSPS) is 14.2. The SMILES string of the molecule is Cc1ccc(NC(=O)[C@H](C)N2C(=O)c3ccccc3C2=O)c([N+](=O)[O-])c1. The minimum atomic E-state index is -1.12. The fourth-order valence-corrected chi connectivity index (χ4v) is 2.81. The topological polar surface area (TPSA) is 110 Å². The van der Waals surface area contributed by atoms with Gasteiger partial charge in [-0.15, -0.1) is 0 Å². The molecular formula is C18H15N3O5. The Bertz CT molecular complexity index is 919. The van der Waals surface area contributed by atoms with E-state index in [1.54, 1.807) is 25.1 Å².